The molecule has 0 spiro atoms. The van der Waals surface area contributed by atoms with Crippen LogP contribution in [0.15, 0.2) is 42.7 Å². The number of fused-ring (bicyclic) bond motifs is 1. The molecular formula is C39H60N6O4SSi2. The van der Waals surface area contributed by atoms with Crippen LogP contribution in [0.1, 0.15) is 91.6 Å². The average molecular weight is 765 g/mol. The van der Waals surface area contributed by atoms with Crippen LogP contribution in [0.25, 0.3) is 20.8 Å². The van der Waals surface area contributed by atoms with Crippen molar-refractivity contribution in [2.75, 3.05) is 24.4 Å². The van der Waals surface area contributed by atoms with Gasteiger partial charge < -0.3 is 29.0 Å². The summed E-state index contributed by atoms with van der Waals surface area (Å²) >= 11 is 1.59. The van der Waals surface area contributed by atoms with Crippen LogP contribution < -0.4 is 10.6 Å². The Morgan fingerprint density at radius 1 is 0.942 bits per heavy atom. The molecule has 0 bridgehead atoms. The standard InChI is InChI=1S/C39H60N6O4SSi2/c1-22(2)51(23(3)4)49-52(24(5)6,25(7)8)48-21-30-19-31(36(47-12)35(30)46)43-37-34(38-44-32-20-40-18-17-33(32)50-38)28(11)42-39(45-37)41-27(10)29-15-13-26(9)14-16-29/h13-18,20,22-25,27,30-31,35-36,46,51H,19,21H2,1-12H3,(H2,41,42,43,45)/t27-,30-,31-,35-,36+/m1/s1. The van der Waals surface area contributed by atoms with Gasteiger partial charge in [0, 0.05) is 25.8 Å². The lowest BCUT2D eigenvalue weighted by molar-refractivity contribution is -0.0205. The van der Waals surface area contributed by atoms with Gasteiger partial charge in [0.1, 0.15) is 22.4 Å². The van der Waals surface area contributed by atoms with Gasteiger partial charge in [0.15, 0.2) is 9.04 Å². The lowest BCUT2D eigenvalue weighted by Crippen LogP contribution is -2.54. The minimum Gasteiger partial charge on any atom is -0.437 e. The van der Waals surface area contributed by atoms with Crippen LogP contribution in [-0.4, -0.2) is 74.6 Å². The predicted molar refractivity (Wildman–Crippen MR) is 219 cm³/mol. The van der Waals surface area contributed by atoms with Gasteiger partial charge in [0.05, 0.1) is 40.3 Å². The number of methoxy groups -OCH3 is 1. The van der Waals surface area contributed by atoms with Crippen LogP contribution in [0, 0.1) is 19.8 Å². The molecule has 13 heteroatoms. The zero-order valence-corrected chi connectivity index (χ0v) is 36.1. The number of aromatic nitrogens is 4. The zero-order valence-electron chi connectivity index (χ0n) is 33.1. The van der Waals surface area contributed by atoms with Crippen molar-refractivity contribution < 1.29 is 18.4 Å². The second-order valence-electron chi connectivity index (χ2n) is 15.8. The fourth-order valence-corrected chi connectivity index (χ4v) is 19.1. The van der Waals surface area contributed by atoms with Crippen LogP contribution in [0.2, 0.25) is 22.2 Å². The van der Waals surface area contributed by atoms with Crippen molar-refractivity contribution in [2.45, 2.75) is 129 Å². The molecule has 5 rings (SSSR count). The number of hydrogen-bond donors (Lipinski definition) is 3. The summed E-state index contributed by atoms with van der Waals surface area (Å²) in [6.07, 6.45) is 3.01. The molecule has 1 saturated carbocycles. The molecule has 1 fully saturated rings. The highest BCUT2D eigenvalue weighted by molar-refractivity contribution is 7.21. The van der Waals surface area contributed by atoms with E-state index in [1.807, 2.05) is 13.0 Å². The second-order valence-corrected chi connectivity index (χ2v) is 25.5. The topological polar surface area (TPSA) is 124 Å². The zero-order chi connectivity index (χ0) is 37.9. The fraction of sp³-hybridized carbons (Fsp3) is 0.590. The predicted octanol–water partition coefficient (Wildman–Crippen LogP) is 8.95. The number of nitrogens with zero attached hydrogens (tertiary/aromatic N) is 4. The SMILES string of the molecule is CO[C@@H]1[C@H](O)[C@@H](CO[Si](O[SiH](C(C)C)C(C)C)(C(C)C)C(C)C)C[C@H]1Nc1nc(N[C@H](C)c2ccc(C)cc2)nc(C)c1-c1nc2cnccc2s1. The van der Waals surface area contributed by atoms with E-state index in [1.54, 1.807) is 30.8 Å². The Morgan fingerprint density at radius 3 is 2.21 bits per heavy atom. The lowest BCUT2D eigenvalue weighted by atomic mass is 10.1. The van der Waals surface area contributed by atoms with Gasteiger partial charge in [0.2, 0.25) is 5.95 Å². The first-order valence-electron chi connectivity index (χ1n) is 18.9. The number of rotatable bonds is 16. The third-order valence-electron chi connectivity index (χ3n) is 10.6. The highest BCUT2D eigenvalue weighted by Gasteiger charge is 2.50. The van der Waals surface area contributed by atoms with Gasteiger partial charge in [-0.15, -0.1) is 11.3 Å². The first-order chi connectivity index (χ1) is 24.6. The maximum Gasteiger partial charge on any atom is 0.333 e. The van der Waals surface area contributed by atoms with E-state index in [0.29, 0.717) is 35.9 Å². The third-order valence-corrected chi connectivity index (χ3v) is 20.6. The number of aliphatic hydroxyl groups excluding tert-OH is 1. The monoisotopic (exact) mass is 764 g/mol. The van der Waals surface area contributed by atoms with Crippen LogP contribution in [-0.2, 0) is 13.3 Å². The number of hydrogen-bond acceptors (Lipinski definition) is 11. The maximum absolute atomic E-state index is 11.8. The molecule has 3 aromatic heterocycles. The summed E-state index contributed by atoms with van der Waals surface area (Å²) < 4.78 is 21.3. The number of ether oxygens (including phenoxy) is 1. The van der Waals surface area contributed by atoms with Gasteiger partial charge in [-0.2, -0.15) is 4.98 Å². The Morgan fingerprint density at radius 2 is 1.62 bits per heavy atom. The molecule has 0 saturated heterocycles. The van der Waals surface area contributed by atoms with E-state index in [0.717, 1.165) is 32.0 Å². The van der Waals surface area contributed by atoms with Crippen molar-refractivity contribution in [1.29, 1.82) is 0 Å². The molecule has 52 heavy (non-hydrogen) atoms. The lowest BCUT2D eigenvalue weighted by Gasteiger charge is -2.43. The van der Waals surface area contributed by atoms with Crippen molar-refractivity contribution in [3.05, 3.63) is 59.5 Å². The fourth-order valence-electron chi connectivity index (χ4n) is 7.71. The Kier molecular flexibility index (Phi) is 13.3. The first-order valence-corrected chi connectivity index (χ1v) is 23.5. The van der Waals surface area contributed by atoms with E-state index >= 15 is 0 Å². The van der Waals surface area contributed by atoms with Crippen LogP contribution in [0.5, 0.6) is 0 Å². The number of pyridine rings is 1. The van der Waals surface area contributed by atoms with E-state index in [1.165, 1.54) is 5.56 Å². The Bertz CT molecular complexity index is 1720. The van der Waals surface area contributed by atoms with Gasteiger partial charge in [-0.3, -0.25) is 4.98 Å². The molecule has 0 radical (unpaired) electrons. The molecule has 3 N–H and O–H groups in total. The van der Waals surface area contributed by atoms with Crippen molar-refractivity contribution in [1.82, 2.24) is 19.9 Å². The summed E-state index contributed by atoms with van der Waals surface area (Å²) in [5.41, 5.74) is 6.38. The number of aryl methyl sites for hydroxylation is 2. The molecule has 0 amide bonds. The molecule has 1 aliphatic carbocycles. The highest BCUT2D eigenvalue weighted by Crippen LogP contribution is 2.42. The molecule has 5 atom stereocenters. The second kappa shape index (κ2) is 17.1. The third kappa shape index (κ3) is 8.77. The molecule has 284 valence electrons. The van der Waals surface area contributed by atoms with E-state index in [4.69, 9.17) is 28.2 Å². The van der Waals surface area contributed by atoms with E-state index in [9.17, 15) is 5.11 Å². The highest BCUT2D eigenvalue weighted by atomic mass is 32.1. The first kappa shape index (κ1) is 40.4. The van der Waals surface area contributed by atoms with Crippen molar-refractivity contribution >= 4 is 50.9 Å². The average Bonchev–Trinajstić information content (AvgIpc) is 3.64. The molecule has 4 aromatic rings. The molecule has 10 nitrogen and oxygen atoms in total. The van der Waals surface area contributed by atoms with Crippen LogP contribution in [0.3, 0.4) is 0 Å². The maximum atomic E-state index is 11.8. The van der Waals surface area contributed by atoms with Gasteiger partial charge in [-0.05, 0) is 61.0 Å². The smallest absolute Gasteiger partial charge is 0.333 e. The minimum atomic E-state index is -2.65. The van der Waals surface area contributed by atoms with E-state index in [2.05, 4.69) is 109 Å². The number of thiazole rings is 1. The van der Waals surface area contributed by atoms with Crippen LogP contribution >= 0.6 is 11.3 Å². The quantitative estimate of drug-likeness (QED) is 0.0953. The summed E-state index contributed by atoms with van der Waals surface area (Å²) in [5.74, 6) is 1.02. The molecule has 0 unspecified atom stereocenters. The molecule has 3 heterocycles. The van der Waals surface area contributed by atoms with Crippen molar-refractivity contribution in [3.8, 4) is 10.6 Å². The van der Waals surface area contributed by atoms with Crippen molar-refractivity contribution in [2.24, 2.45) is 5.92 Å². The Balaban J connectivity index is 1.45. The summed E-state index contributed by atoms with van der Waals surface area (Å²) in [6, 6.07) is 10.2. The number of aliphatic hydroxyl groups is 1. The summed E-state index contributed by atoms with van der Waals surface area (Å²) in [5, 5.41) is 19.8. The normalized spacial score (nSPS) is 20.3. The summed E-state index contributed by atoms with van der Waals surface area (Å²) in [7, 11) is -2.54. The Labute approximate surface area is 317 Å². The summed E-state index contributed by atoms with van der Waals surface area (Å²) in [4.78, 5) is 19.2. The van der Waals surface area contributed by atoms with Crippen molar-refractivity contribution in [3.63, 3.8) is 0 Å². The van der Waals surface area contributed by atoms with Gasteiger partial charge in [-0.1, -0.05) is 85.2 Å². The van der Waals surface area contributed by atoms with Crippen LogP contribution in [0.4, 0.5) is 11.8 Å². The number of nitrogens with one attached hydrogen (secondary N) is 2. The minimum absolute atomic E-state index is 0.0172. The summed E-state index contributed by atoms with van der Waals surface area (Å²) in [6.45, 7) is 24.7. The van der Waals surface area contributed by atoms with E-state index in [-0.39, 0.29) is 29.1 Å². The molecule has 0 aliphatic heterocycles. The number of benzene rings is 1. The molecule has 1 aliphatic rings. The largest absolute Gasteiger partial charge is 0.437 e. The van der Waals surface area contributed by atoms with Gasteiger partial charge in [-0.25, -0.2) is 9.97 Å². The van der Waals surface area contributed by atoms with Gasteiger partial charge >= 0.3 is 8.56 Å². The molecule has 1 aromatic carbocycles. The molecular weight excluding hydrogens is 705 g/mol. The van der Waals surface area contributed by atoms with E-state index < -0.39 is 29.8 Å². The Hall–Kier alpha value is -2.79. The number of anilines is 2. The van der Waals surface area contributed by atoms with Gasteiger partial charge in [0.25, 0.3) is 0 Å².